The Morgan fingerprint density at radius 1 is 1.21 bits per heavy atom. The van der Waals surface area contributed by atoms with Crippen LogP contribution in [0.4, 0.5) is 4.79 Å². The van der Waals surface area contributed by atoms with Crippen molar-refractivity contribution in [1.82, 2.24) is 10.2 Å². The minimum Gasteiger partial charge on any atom is -0.496 e. The van der Waals surface area contributed by atoms with Crippen LogP contribution < -0.4 is 10.1 Å². The lowest BCUT2D eigenvalue weighted by molar-refractivity contribution is -0.102. The zero-order valence-electron chi connectivity index (χ0n) is 16.2. The Labute approximate surface area is 165 Å². The third-order valence-corrected chi connectivity index (χ3v) is 6.52. The van der Waals surface area contributed by atoms with Gasteiger partial charge in [0.2, 0.25) is 0 Å². The summed E-state index contributed by atoms with van der Waals surface area (Å²) in [5.74, 6) is 0.919. The van der Waals surface area contributed by atoms with E-state index in [0.717, 1.165) is 31.4 Å². The van der Waals surface area contributed by atoms with E-state index in [0.29, 0.717) is 19.7 Å². The quantitative estimate of drug-likeness (QED) is 0.869. The van der Waals surface area contributed by atoms with E-state index in [1.807, 2.05) is 17.0 Å². The van der Waals surface area contributed by atoms with Crippen molar-refractivity contribution in [1.29, 1.82) is 0 Å². The molecule has 1 spiro atoms. The summed E-state index contributed by atoms with van der Waals surface area (Å²) in [5.41, 5.74) is 4.66. The van der Waals surface area contributed by atoms with Crippen molar-refractivity contribution in [3.8, 4) is 5.75 Å². The van der Waals surface area contributed by atoms with Gasteiger partial charge in [0.25, 0.3) is 0 Å². The molecular formula is C23H26N2O3. The molecule has 0 saturated carbocycles. The summed E-state index contributed by atoms with van der Waals surface area (Å²) in [6.07, 6.45) is 3.81. The number of benzene rings is 2. The molecule has 2 aliphatic carbocycles. The van der Waals surface area contributed by atoms with Crippen LogP contribution in [0.1, 0.15) is 41.1 Å². The summed E-state index contributed by atoms with van der Waals surface area (Å²) in [4.78, 5) is 15.0. The topological polar surface area (TPSA) is 50.8 Å². The van der Waals surface area contributed by atoms with E-state index in [2.05, 4.69) is 35.6 Å². The van der Waals surface area contributed by atoms with Crippen LogP contribution in [0.15, 0.2) is 42.5 Å². The standard InChI is InChI=1S/C23H26N2O3/c1-27-21-8-4-6-17-18(21)9-10-20(17)24-22(26)25-13-14-28-23(15-25)12-11-16-5-2-3-7-19(16)23/h2-8,20H,9-15H2,1H3,(H,24,26). The average Bonchev–Trinajstić information content (AvgIpc) is 3.30. The molecule has 28 heavy (non-hydrogen) atoms. The highest BCUT2D eigenvalue weighted by atomic mass is 16.5. The molecule has 3 aliphatic rings. The monoisotopic (exact) mass is 378 g/mol. The lowest BCUT2D eigenvalue weighted by Crippen LogP contribution is -2.54. The molecule has 2 aromatic rings. The van der Waals surface area contributed by atoms with Crippen LogP contribution in [0.5, 0.6) is 5.75 Å². The molecule has 2 amide bonds. The lowest BCUT2D eigenvalue weighted by Gasteiger charge is -2.41. The molecule has 146 valence electrons. The number of aryl methyl sites for hydroxylation is 1. The number of hydrogen-bond acceptors (Lipinski definition) is 3. The van der Waals surface area contributed by atoms with Crippen molar-refractivity contribution < 1.29 is 14.3 Å². The minimum atomic E-state index is -0.344. The molecule has 0 bridgehead atoms. The van der Waals surface area contributed by atoms with Crippen LogP contribution in [0.2, 0.25) is 0 Å². The first-order valence-electron chi connectivity index (χ1n) is 10.1. The van der Waals surface area contributed by atoms with Crippen LogP contribution in [-0.4, -0.2) is 37.7 Å². The number of amides is 2. The summed E-state index contributed by atoms with van der Waals surface area (Å²) in [7, 11) is 1.70. The predicted octanol–water partition coefficient (Wildman–Crippen LogP) is 3.57. The van der Waals surface area contributed by atoms with Crippen LogP contribution in [0.25, 0.3) is 0 Å². The zero-order valence-corrected chi connectivity index (χ0v) is 16.2. The Morgan fingerprint density at radius 2 is 2.11 bits per heavy atom. The Bertz CT molecular complexity index is 908. The van der Waals surface area contributed by atoms with E-state index < -0.39 is 0 Å². The SMILES string of the molecule is COc1cccc2c1CCC2NC(=O)N1CCOC2(CCc3ccccc32)C1. The van der Waals surface area contributed by atoms with Gasteiger partial charge in [-0.2, -0.15) is 0 Å². The fourth-order valence-electron chi connectivity index (χ4n) is 5.13. The Kier molecular flexibility index (Phi) is 4.27. The van der Waals surface area contributed by atoms with Crippen LogP contribution in [-0.2, 0) is 23.2 Å². The van der Waals surface area contributed by atoms with Crippen molar-refractivity contribution in [3.05, 3.63) is 64.7 Å². The first-order valence-corrected chi connectivity index (χ1v) is 10.1. The number of fused-ring (bicyclic) bond motifs is 3. The smallest absolute Gasteiger partial charge is 0.318 e. The molecule has 2 unspecified atom stereocenters. The number of hydrogen-bond donors (Lipinski definition) is 1. The van der Waals surface area contributed by atoms with Gasteiger partial charge in [-0.25, -0.2) is 4.79 Å². The molecular weight excluding hydrogens is 352 g/mol. The van der Waals surface area contributed by atoms with E-state index in [9.17, 15) is 4.79 Å². The van der Waals surface area contributed by atoms with Crippen molar-refractivity contribution in [2.24, 2.45) is 0 Å². The molecule has 5 rings (SSSR count). The summed E-state index contributed by atoms with van der Waals surface area (Å²) < 4.78 is 11.7. The van der Waals surface area contributed by atoms with E-state index in [1.54, 1.807) is 7.11 Å². The highest BCUT2D eigenvalue weighted by Crippen LogP contribution is 2.42. The van der Waals surface area contributed by atoms with E-state index in [-0.39, 0.29) is 17.7 Å². The van der Waals surface area contributed by atoms with Gasteiger partial charge in [0.1, 0.15) is 11.4 Å². The third kappa shape index (κ3) is 2.76. The third-order valence-electron chi connectivity index (χ3n) is 6.52. The number of nitrogens with one attached hydrogen (secondary N) is 1. The molecule has 1 aliphatic heterocycles. The molecule has 0 aromatic heterocycles. The number of carbonyl (C=O) groups is 1. The number of rotatable bonds is 2. The van der Waals surface area contributed by atoms with E-state index in [1.165, 1.54) is 22.3 Å². The fraction of sp³-hybridized carbons (Fsp3) is 0.435. The number of methoxy groups -OCH3 is 1. The molecule has 1 heterocycles. The molecule has 1 N–H and O–H groups in total. The van der Waals surface area contributed by atoms with Gasteiger partial charge in [-0.3, -0.25) is 0 Å². The van der Waals surface area contributed by atoms with Crippen molar-refractivity contribution in [2.75, 3.05) is 26.8 Å². The Hall–Kier alpha value is -2.53. The highest BCUT2D eigenvalue weighted by molar-refractivity contribution is 5.75. The maximum absolute atomic E-state index is 13.1. The van der Waals surface area contributed by atoms with Crippen molar-refractivity contribution in [3.63, 3.8) is 0 Å². The summed E-state index contributed by atoms with van der Waals surface area (Å²) >= 11 is 0. The number of morpholine rings is 1. The first-order chi connectivity index (χ1) is 13.7. The maximum Gasteiger partial charge on any atom is 0.318 e. The van der Waals surface area contributed by atoms with E-state index in [4.69, 9.17) is 9.47 Å². The van der Waals surface area contributed by atoms with Crippen LogP contribution in [0, 0.1) is 0 Å². The van der Waals surface area contributed by atoms with Gasteiger partial charge in [0.05, 0.1) is 26.3 Å². The van der Waals surface area contributed by atoms with Gasteiger partial charge in [-0.05, 0) is 54.0 Å². The number of urea groups is 1. The second-order valence-corrected chi connectivity index (χ2v) is 7.99. The molecule has 2 aromatic carbocycles. The molecule has 5 heteroatoms. The Morgan fingerprint density at radius 3 is 3.00 bits per heavy atom. The molecule has 1 fully saturated rings. The van der Waals surface area contributed by atoms with Gasteiger partial charge in [0.15, 0.2) is 0 Å². The highest BCUT2D eigenvalue weighted by Gasteiger charge is 2.44. The van der Waals surface area contributed by atoms with Crippen LogP contribution >= 0.6 is 0 Å². The van der Waals surface area contributed by atoms with Gasteiger partial charge >= 0.3 is 6.03 Å². The van der Waals surface area contributed by atoms with Gasteiger partial charge in [0, 0.05) is 6.54 Å². The number of nitrogens with zero attached hydrogens (tertiary/aromatic N) is 1. The normalized spacial score (nSPS) is 25.5. The summed E-state index contributed by atoms with van der Waals surface area (Å²) in [5, 5.41) is 3.26. The average molecular weight is 378 g/mol. The summed E-state index contributed by atoms with van der Waals surface area (Å²) in [6.45, 7) is 1.83. The summed E-state index contributed by atoms with van der Waals surface area (Å²) in [6, 6.07) is 14.6. The second-order valence-electron chi connectivity index (χ2n) is 7.99. The van der Waals surface area contributed by atoms with Crippen molar-refractivity contribution >= 4 is 6.03 Å². The number of ether oxygens (including phenoxy) is 2. The number of carbonyl (C=O) groups excluding carboxylic acids is 1. The van der Waals surface area contributed by atoms with Gasteiger partial charge in [-0.1, -0.05) is 36.4 Å². The lowest BCUT2D eigenvalue weighted by atomic mass is 9.94. The zero-order chi connectivity index (χ0) is 19.1. The minimum absolute atomic E-state index is 0.00715. The maximum atomic E-state index is 13.1. The van der Waals surface area contributed by atoms with Gasteiger partial charge < -0.3 is 19.7 Å². The second kappa shape index (κ2) is 6.82. The fourth-order valence-corrected chi connectivity index (χ4v) is 5.13. The van der Waals surface area contributed by atoms with Crippen LogP contribution in [0.3, 0.4) is 0 Å². The molecule has 5 nitrogen and oxygen atoms in total. The predicted molar refractivity (Wildman–Crippen MR) is 107 cm³/mol. The van der Waals surface area contributed by atoms with Gasteiger partial charge in [-0.15, -0.1) is 0 Å². The van der Waals surface area contributed by atoms with Crippen molar-refractivity contribution in [2.45, 2.75) is 37.3 Å². The largest absolute Gasteiger partial charge is 0.496 e. The molecule has 1 saturated heterocycles. The Balaban J connectivity index is 1.33. The molecule has 2 atom stereocenters. The molecule has 0 radical (unpaired) electrons. The first kappa shape index (κ1) is 17.6. The van der Waals surface area contributed by atoms with E-state index >= 15 is 0 Å².